The molecule has 0 fully saturated rings. The van der Waals surface area contributed by atoms with E-state index >= 15 is 0 Å². The number of aromatic hydroxyl groups is 2. The number of fused-ring (bicyclic) bond motifs is 2. The van der Waals surface area contributed by atoms with Gasteiger partial charge in [-0.3, -0.25) is 10.2 Å². The van der Waals surface area contributed by atoms with Crippen LogP contribution >= 0.6 is 23.2 Å². The Kier molecular flexibility index (Phi) is 8.47. The largest absolute Gasteiger partial charge is 0.507 e. The van der Waals surface area contributed by atoms with Crippen molar-refractivity contribution in [3.05, 3.63) is 80.8 Å². The molecule has 0 amide bonds. The predicted octanol–water partition coefficient (Wildman–Crippen LogP) is 9.39. The summed E-state index contributed by atoms with van der Waals surface area (Å²) in [7, 11) is 0. The van der Waals surface area contributed by atoms with Gasteiger partial charge >= 0.3 is 0 Å². The number of hydrogen-bond donors (Lipinski definition) is 4. The fraction of sp³-hybridized carbons (Fsp3) is 0.294. The van der Waals surface area contributed by atoms with Crippen LogP contribution in [0.1, 0.15) is 73.6 Å². The van der Waals surface area contributed by atoms with E-state index in [0.717, 1.165) is 54.3 Å². The van der Waals surface area contributed by atoms with Crippen molar-refractivity contribution in [2.24, 2.45) is 0 Å². The van der Waals surface area contributed by atoms with E-state index in [1.165, 1.54) is 6.42 Å². The molecule has 44 heavy (non-hydrogen) atoms. The van der Waals surface area contributed by atoms with Crippen LogP contribution in [0.15, 0.2) is 48.5 Å². The van der Waals surface area contributed by atoms with Gasteiger partial charge in [0.05, 0.1) is 21.1 Å². The first-order valence-corrected chi connectivity index (χ1v) is 15.7. The van der Waals surface area contributed by atoms with E-state index in [1.54, 1.807) is 12.1 Å². The average molecular weight is 630 g/mol. The van der Waals surface area contributed by atoms with Gasteiger partial charge in [-0.2, -0.15) is 0 Å². The number of phenolic OH excluding ortho intramolecular Hbond substituents is 2. The van der Waals surface area contributed by atoms with Crippen LogP contribution in [0.5, 0.6) is 11.5 Å². The number of hydrogen-bond acceptors (Lipinski definition) is 6. The van der Waals surface area contributed by atoms with Crippen LogP contribution < -0.4 is 0 Å². The number of aromatic amines is 2. The fourth-order valence-corrected chi connectivity index (χ4v) is 6.76. The van der Waals surface area contributed by atoms with Crippen molar-refractivity contribution in [3.8, 4) is 33.8 Å². The Morgan fingerprint density at radius 1 is 0.682 bits per heavy atom. The van der Waals surface area contributed by atoms with Gasteiger partial charge in [-0.25, -0.2) is 0 Å². The minimum atomic E-state index is -0.320. The second kappa shape index (κ2) is 12.5. The number of aryl methyl sites for hydroxylation is 2. The zero-order chi connectivity index (χ0) is 31.0. The molecule has 0 atom stereocenters. The molecule has 2 aromatic heterocycles. The summed E-state index contributed by atoms with van der Waals surface area (Å²) in [5, 5.41) is 47.2. The van der Waals surface area contributed by atoms with Gasteiger partial charge in [-0.1, -0.05) is 84.8 Å². The standard InChI is InChI=1S/C34H34Cl2N6O2/c1-4-5-6-7-8-9-20(21-14-18(2)16-23(33(21)43)29-25(35)10-12-27-31(29)39-41-37-27)22-15-19(3)17-24(34(22)44)30-26(36)11-13-28-32(30)40-42-38-28/h10-17,20,43-44H,4-9H2,1-3H3,(H,37,39,41)(H,38,40,42). The van der Waals surface area contributed by atoms with Gasteiger partial charge in [0, 0.05) is 39.3 Å². The van der Waals surface area contributed by atoms with E-state index in [-0.39, 0.29) is 17.4 Å². The number of nitrogens with one attached hydrogen (secondary N) is 2. The molecule has 4 N–H and O–H groups in total. The molecule has 226 valence electrons. The summed E-state index contributed by atoms with van der Waals surface area (Å²) in [6.45, 7) is 6.19. The summed E-state index contributed by atoms with van der Waals surface area (Å²) < 4.78 is 0. The van der Waals surface area contributed by atoms with Crippen molar-refractivity contribution < 1.29 is 10.2 Å². The Hall–Kier alpha value is -4.14. The molecule has 0 aliphatic rings. The minimum Gasteiger partial charge on any atom is -0.507 e. The van der Waals surface area contributed by atoms with Crippen molar-refractivity contribution in [1.29, 1.82) is 0 Å². The van der Waals surface area contributed by atoms with Crippen molar-refractivity contribution in [3.63, 3.8) is 0 Å². The first kappa shape index (κ1) is 29.9. The van der Waals surface area contributed by atoms with Gasteiger partial charge in [0.25, 0.3) is 0 Å². The highest BCUT2D eigenvalue weighted by Gasteiger charge is 2.28. The highest BCUT2D eigenvalue weighted by Crippen LogP contribution is 2.49. The highest BCUT2D eigenvalue weighted by atomic mass is 35.5. The van der Waals surface area contributed by atoms with Gasteiger partial charge in [-0.05, 0) is 67.8 Å². The van der Waals surface area contributed by atoms with Crippen LogP contribution in [-0.2, 0) is 0 Å². The van der Waals surface area contributed by atoms with E-state index in [1.807, 2.05) is 50.2 Å². The molecule has 0 aliphatic heterocycles. The molecule has 10 heteroatoms. The van der Waals surface area contributed by atoms with Gasteiger partial charge in [-0.15, -0.1) is 10.2 Å². The van der Waals surface area contributed by atoms with Crippen LogP contribution in [0.4, 0.5) is 0 Å². The summed E-state index contributed by atoms with van der Waals surface area (Å²) in [4.78, 5) is 0. The highest BCUT2D eigenvalue weighted by molar-refractivity contribution is 6.35. The number of unbranched alkanes of at least 4 members (excludes halogenated alkanes) is 4. The van der Waals surface area contributed by atoms with Crippen LogP contribution in [0.25, 0.3) is 44.3 Å². The summed E-state index contributed by atoms with van der Waals surface area (Å²) in [5.41, 5.74) is 8.29. The molecule has 0 spiro atoms. The molecular weight excluding hydrogens is 595 g/mol. The smallest absolute Gasteiger partial charge is 0.127 e. The van der Waals surface area contributed by atoms with Crippen molar-refractivity contribution in [2.45, 2.75) is 65.2 Å². The Balaban J connectivity index is 1.55. The lowest BCUT2D eigenvalue weighted by Gasteiger charge is -2.24. The molecule has 0 aliphatic carbocycles. The Bertz CT molecular complexity index is 1850. The number of halogens is 2. The fourth-order valence-electron chi connectivity index (χ4n) is 6.25. The van der Waals surface area contributed by atoms with Gasteiger partial charge in [0.15, 0.2) is 0 Å². The minimum absolute atomic E-state index is 0.102. The SMILES string of the molecule is CCCCCCCC(c1cc(C)cc(-c2c(Cl)ccc3[nH]nnc23)c1O)c1cc(C)cc(-c2c(Cl)ccc3[nH]nnc23)c1O. The number of nitrogens with zero attached hydrogens (tertiary/aromatic N) is 4. The van der Waals surface area contributed by atoms with Crippen LogP contribution in [-0.4, -0.2) is 41.0 Å². The van der Waals surface area contributed by atoms with E-state index in [4.69, 9.17) is 23.2 Å². The average Bonchev–Trinajstić information content (AvgIpc) is 3.68. The maximum atomic E-state index is 12.0. The molecule has 6 rings (SSSR count). The summed E-state index contributed by atoms with van der Waals surface area (Å²) in [6.07, 6.45) is 6.15. The third-order valence-corrected chi connectivity index (χ3v) is 8.98. The second-order valence-corrected chi connectivity index (χ2v) is 12.3. The van der Waals surface area contributed by atoms with Crippen molar-refractivity contribution >= 4 is 45.3 Å². The van der Waals surface area contributed by atoms with Gasteiger partial charge in [0.2, 0.25) is 0 Å². The lowest BCUT2D eigenvalue weighted by molar-refractivity contribution is 0.449. The summed E-state index contributed by atoms with van der Waals surface area (Å²) in [5.74, 6) is -0.115. The number of H-pyrrole nitrogens is 2. The Morgan fingerprint density at radius 2 is 1.16 bits per heavy atom. The van der Waals surface area contributed by atoms with E-state index in [0.29, 0.717) is 54.5 Å². The number of benzene rings is 4. The third-order valence-electron chi connectivity index (χ3n) is 8.35. The number of aromatic nitrogens is 6. The molecule has 2 heterocycles. The van der Waals surface area contributed by atoms with Crippen LogP contribution in [0.3, 0.4) is 0 Å². The van der Waals surface area contributed by atoms with E-state index in [9.17, 15) is 10.2 Å². The molecule has 4 aromatic carbocycles. The molecule has 0 radical (unpaired) electrons. The molecule has 6 aromatic rings. The quantitative estimate of drug-likeness (QED) is 0.112. The van der Waals surface area contributed by atoms with Crippen molar-refractivity contribution in [1.82, 2.24) is 30.8 Å². The van der Waals surface area contributed by atoms with Crippen molar-refractivity contribution in [2.75, 3.05) is 0 Å². The monoisotopic (exact) mass is 628 g/mol. The molecule has 0 unspecified atom stereocenters. The van der Waals surface area contributed by atoms with Gasteiger partial charge in [0.1, 0.15) is 22.5 Å². The summed E-state index contributed by atoms with van der Waals surface area (Å²) >= 11 is 13.5. The van der Waals surface area contributed by atoms with Crippen LogP contribution in [0.2, 0.25) is 10.0 Å². The molecule has 8 nitrogen and oxygen atoms in total. The normalized spacial score (nSPS) is 11.8. The zero-order valence-electron chi connectivity index (χ0n) is 24.9. The first-order valence-electron chi connectivity index (χ1n) is 14.9. The zero-order valence-corrected chi connectivity index (χ0v) is 26.4. The third kappa shape index (κ3) is 5.48. The number of rotatable bonds is 10. The second-order valence-electron chi connectivity index (χ2n) is 11.5. The maximum absolute atomic E-state index is 12.0. The van der Waals surface area contributed by atoms with E-state index < -0.39 is 0 Å². The number of phenols is 2. The molecule has 0 saturated heterocycles. The molecule has 0 bridgehead atoms. The first-order chi connectivity index (χ1) is 21.3. The van der Waals surface area contributed by atoms with Gasteiger partial charge < -0.3 is 10.2 Å². The maximum Gasteiger partial charge on any atom is 0.127 e. The Morgan fingerprint density at radius 3 is 1.64 bits per heavy atom. The molecular formula is C34H34Cl2N6O2. The molecule has 0 saturated carbocycles. The summed E-state index contributed by atoms with van der Waals surface area (Å²) in [6, 6.07) is 15.0. The topological polar surface area (TPSA) is 124 Å². The van der Waals surface area contributed by atoms with E-state index in [2.05, 4.69) is 37.7 Å². The lowest BCUT2D eigenvalue weighted by Crippen LogP contribution is -2.06. The predicted molar refractivity (Wildman–Crippen MR) is 177 cm³/mol. The van der Waals surface area contributed by atoms with Crippen LogP contribution in [0, 0.1) is 13.8 Å². The lowest BCUT2D eigenvalue weighted by atomic mass is 9.81. The Labute approximate surface area is 265 Å².